The van der Waals surface area contributed by atoms with Crippen LogP contribution >= 0.6 is 11.6 Å². The number of halogens is 1. The topological polar surface area (TPSA) is 38.3 Å². The SMILES string of the molecule is CCc1ccc(OCc2c(CC)cccc2CC(=O)NC)c(Cl)c1. The predicted octanol–water partition coefficient (Wildman–Crippen LogP) is 4.33. The number of amides is 1. The van der Waals surface area contributed by atoms with Crippen molar-refractivity contribution in [2.45, 2.75) is 39.7 Å². The number of likely N-dealkylation sites (N-methyl/N-ethyl adjacent to an activating group) is 1. The molecule has 0 radical (unpaired) electrons. The molecule has 1 amide bonds. The average molecular weight is 346 g/mol. The average Bonchev–Trinajstić information content (AvgIpc) is 2.60. The summed E-state index contributed by atoms with van der Waals surface area (Å²) in [6.07, 6.45) is 2.18. The molecule has 0 atom stereocenters. The number of benzene rings is 2. The van der Waals surface area contributed by atoms with Gasteiger partial charge in [0.2, 0.25) is 5.91 Å². The number of aryl methyl sites for hydroxylation is 2. The van der Waals surface area contributed by atoms with E-state index in [0.717, 1.165) is 24.0 Å². The second-order valence-corrected chi connectivity index (χ2v) is 6.07. The van der Waals surface area contributed by atoms with Crippen LogP contribution in [-0.4, -0.2) is 13.0 Å². The summed E-state index contributed by atoms with van der Waals surface area (Å²) in [5.74, 6) is 0.667. The highest BCUT2D eigenvalue weighted by molar-refractivity contribution is 6.32. The summed E-state index contributed by atoms with van der Waals surface area (Å²) in [5.41, 5.74) is 4.44. The third kappa shape index (κ3) is 4.51. The lowest BCUT2D eigenvalue weighted by molar-refractivity contribution is -0.119. The monoisotopic (exact) mass is 345 g/mol. The van der Waals surface area contributed by atoms with Gasteiger partial charge in [0.05, 0.1) is 11.4 Å². The molecule has 128 valence electrons. The zero-order valence-corrected chi connectivity index (χ0v) is 15.2. The normalized spacial score (nSPS) is 10.5. The van der Waals surface area contributed by atoms with E-state index in [1.54, 1.807) is 7.05 Å². The van der Waals surface area contributed by atoms with E-state index >= 15 is 0 Å². The van der Waals surface area contributed by atoms with Crippen molar-refractivity contribution in [3.05, 3.63) is 63.7 Å². The largest absolute Gasteiger partial charge is 0.487 e. The number of rotatable bonds is 7. The predicted molar refractivity (Wildman–Crippen MR) is 98.8 cm³/mol. The van der Waals surface area contributed by atoms with Crippen LogP contribution in [0.25, 0.3) is 0 Å². The molecule has 0 fully saturated rings. The fraction of sp³-hybridized carbons (Fsp3) is 0.350. The lowest BCUT2D eigenvalue weighted by atomic mass is 9.97. The zero-order valence-electron chi connectivity index (χ0n) is 14.5. The molecule has 0 aliphatic rings. The second-order valence-electron chi connectivity index (χ2n) is 5.67. The van der Waals surface area contributed by atoms with Crippen molar-refractivity contribution in [3.63, 3.8) is 0 Å². The Hall–Kier alpha value is -2.00. The van der Waals surface area contributed by atoms with E-state index < -0.39 is 0 Å². The van der Waals surface area contributed by atoms with Gasteiger partial charge in [-0.15, -0.1) is 0 Å². The zero-order chi connectivity index (χ0) is 17.5. The molecule has 0 saturated carbocycles. The summed E-state index contributed by atoms with van der Waals surface area (Å²) in [6.45, 7) is 4.60. The standard InChI is InChI=1S/C20H24ClNO2/c1-4-14-9-10-19(18(21)11-14)24-13-17-15(5-2)7-6-8-16(17)12-20(23)22-3/h6-11H,4-5,12-13H2,1-3H3,(H,22,23). The van der Waals surface area contributed by atoms with Gasteiger partial charge in [-0.25, -0.2) is 0 Å². The smallest absolute Gasteiger partial charge is 0.224 e. The molecular weight excluding hydrogens is 322 g/mol. The summed E-state index contributed by atoms with van der Waals surface area (Å²) < 4.78 is 5.96. The Labute approximate surface area is 149 Å². The summed E-state index contributed by atoms with van der Waals surface area (Å²) in [7, 11) is 1.65. The highest BCUT2D eigenvalue weighted by atomic mass is 35.5. The van der Waals surface area contributed by atoms with Crippen molar-refractivity contribution >= 4 is 17.5 Å². The lowest BCUT2D eigenvalue weighted by Crippen LogP contribution is -2.21. The van der Waals surface area contributed by atoms with Crippen molar-refractivity contribution in [2.75, 3.05) is 7.05 Å². The van der Waals surface area contributed by atoms with Crippen molar-refractivity contribution in [3.8, 4) is 5.75 Å². The van der Waals surface area contributed by atoms with Gasteiger partial charge in [0.25, 0.3) is 0 Å². The van der Waals surface area contributed by atoms with E-state index in [0.29, 0.717) is 23.8 Å². The van der Waals surface area contributed by atoms with Gasteiger partial charge in [-0.1, -0.05) is 49.7 Å². The van der Waals surface area contributed by atoms with Gasteiger partial charge in [0, 0.05) is 7.05 Å². The van der Waals surface area contributed by atoms with Crippen LogP contribution in [0, 0.1) is 0 Å². The van der Waals surface area contributed by atoms with Crippen molar-refractivity contribution in [2.24, 2.45) is 0 Å². The first-order valence-electron chi connectivity index (χ1n) is 8.30. The Kier molecular flexibility index (Phi) is 6.68. The molecular formula is C20H24ClNO2. The molecule has 0 heterocycles. The number of hydrogen-bond acceptors (Lipinski definition) is 2. The summed E-state index contributed by atoms with van der Waals surface area (Å²) in [4.78, 5) is 11.8. The maximum Gasteiger partial charge on any atom is 0.224 e. The summed E-state index contributed by atoms with van der Waals surface area (Å²) in [5, 5.41) is 3.29. The van der Waals surface area contributed by atoms with Crippen LogP contribution in [0.3, 0.4) is 0 Å². The van der Waals surface area contributed by atoms with Gasteiger partial charge in [0.1, 0.15) is 12.4 Å². The number of carbonyl (C=O) groups is 1. The van der Waals surface area contributed by atoms with E-state index in [2.05, 4.69) is 25.2 Å². The number of hydrogen-bond donors (Lipinski definition) is 1. The summed E-state index contributed by atoms with van der Waals surface area (Å²) in [6, 6.07) is 11.9. The first-order chi connectivity index (χ1) is 11.6. The molecule has 1 N–H and O–H groups in total. The highest BCUT2D eigenvalue weighted by Gasteiger charge is 2.12. The minimum absolute atomic E-state index is 0.00478. The van der Waals surface area contributed by atoms with Crippen molar-refractivity contribution in [1.82, 2.24) is 5.32 Å². The third-order valence-electron chi connectivity index (χ3n) is 4.16. The maximum atomic E-state index is 11.8. The first-order valence-corrected chi connectivity index (χ1v) is 8.68. The number of carbonyl (C=O) groups excluding carboxylic acids is 1. The molecule has 0 spiro atoms. The Morgan fingerprint density at radius 2 is 1.88 bits per heavy atom. The number of nitrogens with one attached hydrogen (secondary N) is 1. The van der Waals surface area contributed by atoms with Crippen molar-refractivity contribution < 1.29 is 9.53 Å². The molecule has 3 nitrogen and oxygen atoms in total. The Morgan fingerprint density at radius 3 is 2.50 bits per heavy atom. The fourth-order valence-corrected chi connectivity index (χ4v) is 2.92. The quantitative estimate of drug-likeness (QED) is 0.811. The molecule has 0 aliphatic heterocycles. The second kappa shape index (κ2) is 8.74. The fourth-order valence-electron chi connectivity index (χ4n) is 2.66. The first kappa shape index (κ1) is 18.3. The van der Waals surface area contributed by atoms with Crippen LogP contribution in [0.1, 0.15) is 36.1 Å². The van der Waals surface area contributed by atoms with E-state index in [4.69, 9.17) is 16.3 Å². The van der Waals surface area contributed by atoms with Gasteiger partial charge in [-0.3, -0.25) is 4.79 Å². The van der Waals surface area contributed by atoms with Crippen LogP contribution in [0.15, 0.2) is 36.4 Å². The Balaban J connectivity index is 2.23. The molecule has 0 saturated heterocycles. The van der Waals surface area contributed by atoms with Crippen LogP contribution < -0.4 is 10.1 Å². The Morgan fingerprint density at radius 1 is 1.12 bits per heavy atom. The molecule has 2 aromatic rings. The molecule has 0 unspecified atom stereocenters. The highest BCUT2D eigenvalue weighted by Crippen LogP contribution is 2.27. The molecule has 2 rings (SSSR count). The van der Waals surface area contributed by atoms with Gasteiger partial charge in [-0.05, 0) is 47.2 Å². The lowest BCUT2D eigenvalue weighted by Gasteiger charge is -2.16. The number of ether oxygens (including phenoxy) is 1. The van der Waals surface area contributed by atoms with E-state index in [1.165, 1.54) is 11.1 Å². The van der Waals surface area contributed by atoms with Crippen molar-refractivity contribution in [1.29, 1.82) is 0 Å². The minimum atomic E-state index is -0.00478. The van der Waals surface area contributed by atoms with Crippen LogP contribution in [0.2, 0.25) is 5.02 Å². The third-order valence-corrected chi connectivity index (χ3v) is 4.45. The van der Waals surface area contributed by atoms with E-state index in [9.17, 15) is 4.79 Å². The van der Waals surface area contributed by atoms with Gasteiger partial charge >= 0.3 is 0 Å². The molecule has 4 heteroatoms. The molecule has 0 aliphatic carbocycles. The molecule has 24 heavy (non-hydrogen) atoms. The molecule has 0 bridgehead atoms. The van der Waals surface area contributed by atoms with Gasteiger partial charge in [0.15, 0.2) is 0 Å². The van der Waals surface area contributed by atoms with Gasteiger partial charge in [-0.2, -0.15) is 0 Å². The minimum Gasteiger partial charge on any atom is -0.487 e. The molecule has 2 aromatic carbocycles. The van der Waals surface area contributed by atoms with Crippen LogP contribution in [0.4, 0.5) is 0 Å². The molecule has 0 aromatic heterocycles. The van der Waals surface area contributed by atoms with Crippen LogP contribution in [-0.2, 0) is 30.7 Å². The van der Waals surface area contributed by atoms with E-state index in [-0.39, 0.29) is 5.91 Å². The van der Waals surface area contributed by atoms with Crippen LogP contribution in [0.5, 0.6) is 5.75 Å². The maximum absolute atomic E-state index is 11.8. The van der Waals surface area contributed by atoms with E-state index in [1.807, 2.05) is 30.3 Å². The Bertz CT molecular complexity index is 713. The summed E-state index contributed by atoms with van der Waals surface area (Å²) >= 11 is 6.31. The van der Waals surface area contributed by atoms with Gasteiger partial charge < -0.3 is 10.1 Å².